The molecule has 33 heavy (non-hydrogen) atoms. The van der Waals surface area contributed by atoms with Gasteiger partial charge in [-0.1, -0.05) is 36.4 Å². The van der Waals surface area contributed by atoms with Crippen molar-refractivity contribution in [3.05, 3.63) is 84.2 Å². The van der Waals surface area contributed by atoms with E-state index in [0.29, 0.717) is 19.0 Å². The minimum atomic E-state index is -0.270. The molecule has 172 valence electrons. The summed E-state index contributed by atoms with van der Waals surface area (Å²) in [5, 5.41) is 6.46. The fourth-order valence-electron chi connectivity index (χ4n) is 4.49. The van der Waals surface area contributed by atoms with Crippen LogP contribution in [-0.4, -0.2) is 24.6 Å². The van der Waals surface area contributed by atoms with Gasteiger partial charge in [-0.25, -0.2) is 4.39 Å². The first kappa shape index (κ1) is 22.8. The predicted molar refractivity (Wildman–Crippen MR) is 131 cm³/mol. The molecular formula is C28H31FN2O2. The number of hydrogen-bond acceptors (Lipinski definition) is 3. The average molecular weight is 447 g/mol. The van der Waals surface area contributed by atoms with Crippen LogP contribution in [0.25, 0.3) is 11.1 Å². The second kappa shape index (κ2) is 11.0. The molecule has 1 aliphatic carbocycles. The summed E-state index contributed by atoms with van der Waals surface area (Å²) in [7, 11) is 0. The smallest absolute Gasteiger partial charge is 0.216 e. The second-order valence-corrected chi connectivity index (χ2v) is 8.68. The van der Waals surface area contributed by atoms with Crippen LogP contribution in [0.3, 0.4) is 0 Å². The Balaban J connectivity index is 1.49. The molecule has 3 aromatic rings. The van der Waals surface area contributed by atoms with E-state index in [0.717, 1.165) is 53.8 Å². The number of hydrogen-bond donors (Lipinski definition) is 2. The van der Waals surface area contributed by atoms with Gasteiger partial charge in [0.15, 0.2) is 0 Å². The normalized spacial score (nSPS) is 17.9. The Morgan fingerprint density at radius 2 is 1.88 bits per heavy atom. The minimum Gasteiger partial charge on any atom is -0.490 e. The maximum atomic E-state index is 13.9. The maximum Gasteiger partial charge on any atom is 0.216 e. The van der Waals surface area contributed by atoms with Crippen LogP contribution in [0.2, 0.25) is 0 Å². The molecule has 0 heterocycles. The van der Waals surface area contributed by atoms with Crippen molar-refractivity contribution in [2.75, 3.05) is 11.9 Å². The molecule has 1 aliphatic rings. The van der Waals surface area contributed by atoms with Gasteiger partial charge in [0, 0.05) is 31.6 Å². The second-order valence-electron chi connectivity index (χ2n) is 8.68. The molecule has 1 amide bonds. The number of halogens is 1. The molecule has 2 N–H and O–H groups in total. The summed E-state index contributed by atoms with van der Waals surface area (Å²) >= 11 is 0. The number of amides is 1. The number of carbonyl (C=O) groups is 1. The number of ether oxygens (including phenoxy) is 1. The summed E-state index contributed by atoms with van der Waals surface area (Å²) in [6, 6.07) is 23.3. The van der Waals surface area contributed by atoms with Crippen LogP contribution in [-0.2, 0) is 11.2 Å². The van der Waals surface area contributed by atoms with Crippen molar-refractivity contribution in [1.29, 1.82) is 0 Å². The summed E-state index contributed by atoms with van der Waals surface area (Å²) in [6.07, 6.45) is 5.00. The van der Waals surface area contributed by atoms with Crippen LogP contribution in [0, 0.1) is 5.82 Å². The zero-order valence-electron chi connectivity index (χ0n) is 19.0. The zero-order chi connectivity index (χ0) is 23.0. The predicted octanol–water partition coefficient (Wildman–Crippen LogP) is 5.97. The number of anilines is 1. The molecule has 5 heteroatoms. The Kier molecular flexibility index (Phi) is 7.61. The lowest BCUT2D eigenvalue weighted by Gasteiger charge is -2.31. The van der Waals surface area contributed by atoms with Crippen molar-refractivity contribution in [3.63, 3.8) is 0 Å². The fourth-order valence-corrected chi connectivity index (χ4v) is 4.49. The molecule has 0 bridgehead atoms. The first-order valence-corrected chi connectivity index (χ1v) is 11.7. The zero-order valence-corrected chi connectivity index (χ0v) is 19.0. The SMILES string of the molecule is CC(=O)NCCc1ccc(O[C@@H]2CCC[C@@H](Nc3ccccc3)C2)cc1-c1cccc(F)c1. The number of benzene rings is 3. The molecule has 0 aliphatic heterocycles. The first-order chi connectivity index (χ1) is 16.1. The van der Waals surface area contributed by atoms with Crippen molar-refractivity contribution >= 4 is 11.6 Å². The lowest BCUT2D eigenvalue weighted by atomic mass is 9.92. The van der Waals surface area contributed by atoms with Crippen molar-refractivity contribution in [3.8, 4) is 16.9 Å². The van der Waals surface area contributed by atoms with E-state index in [1.165, 1.54) is 13.0 Å². The summed E-state index contributed by atoms with van der Waals surface area (Å²) in [5.74, 6) is 0.467. The highest BCUT2D eigenvalue weighted by Gasteiger charge is 2.23. The molecule has 0 saturated heterocycles. The summed E-state index contributed by atoms with van der Waals surface area (Å²) in [6.45, 7) is 2.04. The number of rotatable bonds is 8. The Morgan fingerprint density at radius 3 is 2.67 bits per heavy atom. The molecule has 1 fully saturated rings. The molecule has 2 atom stereocenters. The topological polar surface area (TPSA) is 50.4 Å². The first-order valence-electron chi connectivity index (χ1n) is 11.7. The van der Waals surface area contributed by atoms with Gasteiger partial charge in [-0.05, 0) is 78.8 Å². The van der Waals surface area contributed by atoms with E-state index in [-0.39, 0.29) is 17.8 Å². The van der Waals surface area contributed by atoms with E-state index < -0.39 is 0 Å². The van der Waals surface area contributed by atoms with Crippen LogP contribution in [0.1, 0.15) is 38.2 Å². The van der Waals surface area contributed by atoms with Crippen LogP contribution >= 0.6 is 0 Å². The largest absolute Gasteiger partial charge is 0.490 e. The van der Waals surface area contributed by atoms with Gasteiger partial charge < -0.3 is 15.4 Å². The van der Waals surface area contributed by atoms with Gasteiger partial charge in [0.25, 0.3) is 0 Å². The van der Waals surface area contributed by atoms with Gasteiger partial charge in [-0.15, -0.1) is 0 Å². The van der Waals surface area contributed by atoms with Crippen LogP contribution in [0.5, 0.6) is 5.75 Å². The molecule has 3 aromatic carbocycles. The average Bonchev–Trinajstić information content (AvgIpc) is 2.80. The van der Waals surface area contributed by atoms with Crippen LogP contribution in [0.4, 0.5) is 10.1 Å². The third-order valence-corrected chi connectivity index (χ3v) is 6.06. The van der Waals surface area contributed by atoms with Gasteiger partial charge in [0.05, 0.1) is 0 Å². The van der Waals surface area contributed by atoms with Gasteiger partial charge in [0.1, 0.15) is 17.7 Å². The van der Waals surface area contributed by atoms with Gasteiger partial charge in [-0.3, -0.25) is 4.79 Å². The Bertz CT molecular complexity index is 1070. The van der Waals surface area contributed by atoms with E-state index in [1.807, 2.05) is 42.5 Å². The molecule has 0 unspecified atom stereocenters. The van der Waals surface area contributed by atoms with E-state index >= 15 is 0 Å². The van der Waals surface area contributed by atoms with Gasteiger partial charge in [0.2, 0.25) is 5.91 Å². The van der Waals surface area contributed by atoms with E-state index in [2.05, 4.69) is 22.8 Å². The molecule has 0 radical (unpaired) electrons. The number of para-hydroxylation sites is 1. The fraction of sp³-hybridized carbons (Fsp3) is 0.321. The molecule has 1 saturated carbocycles. The molecule has 0 aromatic heterocycles. The third-order valence-electron chi connectivity index (χ3n) is 6.06. The standard InChI is InChI=1S/C28H31FN2O2/c1-20(32)30-16-15-21-13-14-27(19-28(21)22-7-5-8-23(29)17-22)33-26-12-6-11-25(18-26)31-24-9-3-2-4-10-24/h2-5,7-10,13-14,17,19,25-26,31H,6,11-12,15-16,18H2,1H3,(H,30,32)/t25-,26-/m1/s1. The quantitative estimate of drug-likeness (QED) is 0.448. The minimum absolute atomic E-state index is 0.0572. The van der Waals surface area contributed by atoms with E-state index in [1.54, 1.807) is 12.1 Å². The third kappa shape index (κ3) is 6.58. The Hall–Kier alpha value is -3.34. The van der Waals surface area contributed by atoms with Gasteiger partial charge in [-0.2, -0.15) is 0 Å². The van der Waals surface area contributed by atoms with Crippen molar-refractivity contribution < 1.29 is 13.9 Å². The van der Waals surface area contributed by atoms with Crippen molar-refractivity contribution in [2.45, 2.75) is 51.2 Å². The Labute approximate surface area is 195 Å². The highest BCUT2D eigenvalue weighted by molar-refractivity contribution is 5.73. The van der Waals surface area contributed by atoms with Crippen molar-refractivity contribution in [1.82, 2.24) is 5.32 Å². The number of nitrogens with one attached hydrogen (secondary N) is 2. The highest BCUT2D eigenvalue weighted by Crippen LogP contribution is 2.32. The molecule has 4 rings (SSSR count). The van der Waals surface area contributed by atoms with E-state index in [9.17, 15) is 9.18 Å². The lowest BCUT2D eigenvalue weighted by Crippen LogP contribution is -2.33. The summed E-state index contributed by atoms with van der Waals surface area (Å²) in [4.78, 5) is 11.3. The monoisotopic (exact) mass is 446 g/mol. The maximum absolute atomic E-state index is 13.9. The van der Waals surface area contributed by atoms with Crippen molar-refractivity contribution in [2.24, 2.45) is 0 Å². The summed E-state index contributed by atoms with van der Waals surface area (Å²) < 4.78 is 20.4. The molecule has 4 nitrogen and oxygen atoms in total. The van der Waals surface area contributed by atoms with E-state index in [4.69, 9.17) is 4.74 Å². The Morgan fingerprint density at radius 1 is 1.03 bits per heavy atom. The molecular weight excluding hydrogens is 415 g/mol. The van der Waals surface area contributed by atoms with Crippen LogP contribution < -0.4 is 15.4 Å². The molecule has 0 spiro atoms. The number of carbonyl (C=O) groups excluding carboxylic acids is 1. The highest BCUT2D eigenvalue weighted by atomic mass is 19.1. The summed E-state index contributed by atoms with van der Waals surface area (Å²) in [5.41, 5.74) is 3.94. The van der Waals surface area contributed by atoms with Crippen LogP contribution in [0.15, 0.2) is 72.8 Å². The van der Waals surface area contributed by atoms with Gasteiger partial charge >= 0.3 is 0 Å². The lowest BCUT2D eigenvalue weighted by molar-refractivity contribution is -0.118.